The van der Waals surface area contributed by atoms with Crippen molar-refractivity contribution in [1.29, 1.82) is 0 Å². The molecule has 1 N–H and O–H groups in total. The van der Waals surface area contributed by atoms with Crippen LogP contribution < -0.4 is 14.8 Å². The normalized spacial score (nSPS) is 12.0. The van der Waals surface area contributed by atoms with Crippen LogP contribution in [0.2, 0.25) is 0 Å². The van der Waals surface area contributed by atoms with E-state index in [-0.39, 0.29) is 0 Å². The summed E-state index contributed by atoms with van der Waals surface area (Å²) in [4.78, 5) is 8.45. The summed E-state index contributed by atoms with van der Waals surface area (Å²) in [7, 11) is 3.15. The first-order valence-corrected chi connectivity index (χ1v) is 5.93. The van der Waals surface area contributed by atoms with Gasteiger partial charge in [0, 0.05) is 6.04 Å². The zero-order chi connectivity index (χ0) is 12.7. The predicted octanol–water partition coefficient (Wildman–Crippen LogP) is 2.48. The van der Waals surface area contributed by atoms with Gasteiger partial charge >= 0.3 is 0 Å². The Morgan fingerprint density at radius 3 is 2.29 bits per heavy atom. The lowest BCUT2D eigenvalue weighted by molar-refractivity contribution is 0.372. The molecule has 0 aromatic carbocycles. The summed E-state index contributed by atoms with van der Waals surface area (Å²) < 4.78 is 10.2. The molecule has 0 aliphatic carbocycles. The number of nitrogens with one attached hydrogen (secondary N) is 1. The number of methoxy groups -OCH3 is 2. The summed E-state index contributed by atoms with van der Waals surface area (Å²) in [6, 6.07) is 1.99. The van der Waals surface area contributed by atoms with Gasteiger partial charge in [-0.05, 0) is 13.3 Å². The van der Waals surface area contributed by atoms with Crippen LogP contribution in [0.1, 0.15) is 33.1 Å². The molecule has 0 fully saturated rings. The molecular formula is C12H21N3O2. The Balaban J connectivity index is 2.68. The van der Waals surface area contributed by atoms with Crippen molar-refractivity contribution in [3.05, 3.63) is 6.07 Å². The quantitative estimate of drug-likeness (QED) is 0.792. The number of hydrogen-bond acceptors (Lipinski definition) is 5. The van der Waals surface area contributed by atoms with E-state index in [0.717, 1.165) is 6.42 Å². The van der Waals surface area contributed by atoms with E-state index in [0.29, 0.717) is 23.8 Å². The fourth-order valence-electron chi connectivity index (χ4n) is 1.48. The first-order chi connectivity index (χ1) is 8.19. The Bertz CT molecular complexity index is 322. The van der Waals surface area contributed by atoms with Crippen molar-refractivity contribution >= 4 is 5.95 Å². The van der Waals surface area contributed by atoms with Gasteiger partial charge in [-0.15, -0.1) is 0 Å². The van der Waals surface area contributed by atoms with Crippen molar-refractivity contribution in [2.75, 3.05) is 19.5 Å². The van der Waals surface area contributed by atoms with Gasteiger partial charge in [-0.25, -0.2) is 0 Å². The fourth-order valence-corrected chi connectivity index (χ4v) is 1.48. The average Bonchev–Trinajstić information content (AvgIpc) is 2.35. The standard InChI is InChI=1S/C12H21N3O2/c1-5-6-7-9(2)13-12-14-10(16-3)8-11(15-12)17-4/h8-9H,5-7H2,1-4H3,(H,13,14,15). The highest BCUT2D eigenvalue weighted by atomic mass is 16.5. The molecule has 1 aromatic rings. The minimum atomic E-state index is 0.340. The minimum absolute atomic E-state index is 0.340. The maximum Gasteiger partial charge on any atom is 0.229 e. The maximum absolute atomic E-state index is 5.09. The zero-order valence-electron chi connectivity index (χ0n) is 11.0. The Morgan fingerprint density at radius 2 is 1.82 bits per heavy atom. The molecule has 1 unspecified atom stereocenters. The lowest BCUT2D eigenvalue weighted by Gasteiger charge is -2.14. The topological polar surface area (TPSA) is 56.3 Å². The van der Waals surface area contributed by atoms with Crippen molar-refractivity contribution < 1.29 is 9.47 Å². The van der Waals surface area contributed by atoms with Gasteiger partial charge in [0.15, 0.2) is 0 Å². The lowest BCUT2D eigenvalue weighted by atomic mass is 10.1. The molecule has 1 rings (SSSR count). The second kappa shape index (κ2) is 6.93. The van der Waals surface area contributed by atoms with E-state index >= 15 is 0 Å². The van der Waals surface area contributed by atoms with Crippen LogP contribution in [0.25, 0.3) is 0 Å². The third kappa shape index (κ3) is 4.46. The predicted molar refractivity (Wildman–Crippen MR) is 67.7 cm³/mol. The van der Waals surface area contributed by atoms with Crippen LogP contribution in [0, 0.1) is 0 Å². The SMILES string of the molecule is CCCCC(C)Nc1nc(OC)cc(OC)n1. The number of hydrogen-bond donors (Lipinski definition) is 1. The Labute approximate surface area is 103 Å². The van der Waals surface area contributed by atoms with Gasteiger partial charge in [-0.2, -0.15) is 9.97 Å². The van der Waals surface area contributed by atoms with Crippen LogP contribution in [0.3, 0.4) is 0 Å². The van der Waals surface area contributed by atoms with Crippen molar-refractivity contribution in [3.63, 3.8) is 0 Å². The summed E-state index contributed by atoms with van der Waals surface area (Å²) in [5, 5.41) is 3.24. The van der Waals surface area contributed by atoms with Crippen LogP contribution in [0.4, 0.5) is 5.95 Å². The van der Waals surface area contributed by atoms with Crippen LogP contribution in [0.5, 0.6) is 11.8 Å². The largest absolute Gasteiger partial charge is 0.481 e. The highest BCUT2D eigenvalue weighted by Gasteiger charge is 2.08. The summed E-state index contributed by atoms with van der Waals surface area (Å²) in [6.45, 7) is 4.29. The van der Waals surface area contributed by atoms with Crippen LogP contribution in [-0.2, 0) is 0 Å². The van der Waals surface area contributed by atoms with E-state index in [1.807, 2.05) is 0 Å². The first-order valence-electron chi connectivity index (χ1n) is 5.93. The number of rotatable bonds is 7. The van der Waals surface area contributed by atoms with Crippen molar-refractivity contribution in [2.45, 2.75) is 39.2 Å². The molecule has 1 atom stereocenters. The second-order valence-electron chi connectivity index (χ2n) is 3.96. The molecule has 17 heavy (non-hydrogen) atoms. The molecule has 0 saturated carbocycles. The Morgan fingerprint density at radius 1 is 1.24 bits per heavy atom. The molecule has 1 heterocycles. The van der Waals surface area contributed by atoms with Crippen LogP contribution in [0.15, 0.2) is 6.07 Å². The van der Waals surface area contributed by atoms with Gasteiger partial charge in [0.25, 0.3) is 0 Å². The van der Waals surface area contributed by atoms with E-state index in [1.165, 1.54) is 12.8 Å². The summed E-state index contributed by atoms with van der Waals surface area (Å²) in [6.07, 6.45) is 3.48. The second-order valence-corrected chi connectivity index (χ2v) is 3.96. The smallest absolute Gasteiger partial charge is 0.229 e. The highest BCUT2D eigenvalue weighted by molar-refractivity contribution is 5.34. The van der Waals surface area contributed by atoms with Gasteiger partial charge in [-0.3, -0.25) is 0 Å². The molecule has 5 heteroatoms. The van der Waals surface area contributed by atoms with Gasteiger partial charge < -0.3 is 14.8 Å². The first kappa shape index (κ1) is 13.5. The van der Waals surface area contributed by atoms with Gasteiger partial charge in [-0.1, -0.05) is 19.8 Å². The maximum atomic E-state index is 5.09. The number of anilines is 1. The summed E-state index contributed by atoms with van der Waals surface area (Å²) in [5.41, 5.74) is 0. The molecule has 0 aliphatic rings. The zero-order valence-corrected chi connectivity index (χ0v) is 11.0. The van der Waals surface area contributed by atoms with Gasteiger partial charge in [0.1, 0.15) is 0 Å². The molecule has 5 nitrogen and oxygen atoms in total. The summed E-state index contributed by atoms with van der Waals surface area (Å²) >= 11 is 0. The number of ether oxygens (including phenoxy) is 2. The molecule has 96 valence electrons. The van der Waals surface area contributed by atoms with Crippen LogP contribution in [-0.4, -0.2) is 30.2 Å². The Kier molecular flexibility index (Phi) is 5.52. The Hall–Kier alpha value is -1.52. The van der Waals surface area contributed by atoms with Crippen molar-refractivity contribution in [1.82, 2.24) is 9.97 Å². The third-order valence-electron chi connectivity index (χ3n) is 2.46. The van der Waals surface area contributed by atoms with E-state index in [4.69, 9.17) is 9.47 Å². The third-order valence-corrected chi connectivity index (χ3v) is 2.46. The molecule has 1 aromatic heterocycles. The average molecular weight is 239 g/mol. The molecule has 0 radical (unpaired) electrons. The number of nitrogens with zero attached hydrogens (tertiary/aromatic N) is 2. The minimum Gasteiger partial charge on any atom is -0.481 e. The molecule has 0 aliphatic heterocycles. The van der Waals surface area contributed by atoms with Crippen molar-refractivity contribution in [2.24, 2.45) is 0 Å². The lowest BCUT2D eigenvalue weighted by Crippen LogP contribution is -2.17. The number of unbranched alkanes of at least 4 members (excludes halogenated alkanes) is 1. The highest BCUT2D eigenvalue weighted by Crippen LogP contribution is 2.18. The van der Waals surface area contributed by atoms with Crippen LogP contribution >= 0.6 is 0 Å². The van der Waals surface area contributed by atoms with E-state index < -0.39 is 0 Å². The van der Waals surface area contributed by atoms with E-state index in [9.17, 15) is 0 Å². The van der Waals surface area contributed by atoms with Gasteiger partial charge in [0.2, 0.25) is 17.7 Å². The fraction of sp³-hybridized carbons (Fsp3) is 0.667. The molecule has 0 spiro atoms. The van der Waals surface area contributed by atoms with E-state index in [1.54, 1.807) is 20.3 Å². The van der Waals surface area contributed by atoms with E-state index in [2.05, 4.69) is 29.1 Å². The number of aromatic nitrogens is 2. The molecule has 0 bridgehead atoms. The summed E-state index contributed by atoms with van der Waals surface area (Å²) in [5.74, 6) is 1.55. The molecule has 0 amide bonds. The molecule has 0 saturated heterocycles. The molecular weight excluding hydrogens is 218 g/mol. The van der Waals surface area contributed by atoms with Crippen molar-refractivity contribution in [3.8, 4) is 11.8 Å². The van der Waals surface area contributed by atoms with Gasteiger partial charge in [0.05, 0.1) is 20.3 Å². The monoisotopic (exact) mass is 239 g/mol.